The number of ether oxygens (including phenoxy) is 1. The molecule has 0 radical (unpaired) electrons. The Morgan fingerprint density at radius 2 is 1.81 bits per heavy atom. The molecule has 132 valence electrons. The maximum Gasteiger partial charge on any atom is 0.349 e. The topological polar surface area (TPSA) is 79.2 Å². The van der Waals surface area contributed by atoms with Crippen LogP contribution in [-0.4, -0.2) is 18.5 Å². The van der Waals surface area contributed by atoms with Gasteiger partial charge in [0, 0.05) is 0 Å². The van der Waals surface area contributed by atoms with Crippen LogP contribution < -0.4 is 5.32 Å². The fraction of sp³-hybridized carbons (Fsp3) is 0.150. The maximum atomic E-state index is 12.0. The lowest BCUT2D eigenvalue weighted by molar-refractivity contribution is -0.142. The summed E-state index contributed by atoms with van der Waals surface area (Å²) >= 11 is 6.04. The van der Waals surface area contributed by atoms with Crippen LogP contribution in [-0.2, 0) is 14.3 Å². The van der Waals surface area contributed by atoms with E-state index in [1.165, 1.54) is 6.08 Å². The molecule has 0 aromatic heterocycles. The molecule has 0 spiro atoms. The summed E-state index contributed by atoms with van der Waals surface area (Å²) in [5, 5.41) is 12.1. The predicted octanol–water partition coefficient (Wildman–Crippen LogP) is 4.05. The SMILES string of the molecule is Cc1ccc(/C=C(\C#N)C(=O)OCC(=O)Nc2ccc(C)cc2Cl)cc1. The highest BCUT2D eigenvalue weighted by Gasteiger charge is 2.14. The summed E-state index contributed by atoms with van der Waals surface area (Å²) in [5.74, 6) is -1.41. The Hall–Kier alpha value is -3.10. The highest BCUT2D eigenvalue weighted by molar-refractivity contribution is 6.33. The monoisotopic (exact) mass is 368 g/mol. The molecule has 0 aliphatic heterocycles. The summed E-state index contributed by atoms with van der Waals surface area (Å²) in [6.45, 7) is 3.30. The number of rotatable bonds is 5. The van der Waals surface area contributed by atoms with Crippen LogP contribution in [0.4, 0.5) is 5.69 Å². The average molecular weight is 369 g/mol. The molecule has 0 aliphatic carbocycles. The third kappa shape index (κ3) is 5.47. The second-order valence-corrected chi connectivity index (χ2v) is 6.10. The summed E-state index contributed by atoms with van der Waals surface area (Å²) in [7, 11) is 0. The van der Waals surface area contributed by atoms with E-state index in [0.29, 0.717) is 16.3 Å². The van der Waals surface area contributed by atoms with Gasteiger partial charge >= 0.3 is 5.97 Å². The van der Waals surface area contributed by atoms with Crippen molar-refractivity contribution >= 4 is 35.2 Å². The number of nitrogens with one attached hydrogen (secondary N) is 1. The normalized spacial score (nSPS) is 10.8. The van der Waals surface area contributed by atoms with Crippen LogP contribution in [0.2, 0.25) is 5.02 Å². The lowest BCUT2D eigenvalue weighted by Crippen LogP contribution is -2.21. The Labute approximate surface area is 156 Å². The van der Waals surface area contributed by atoms with E-state index in [1.54, 1.807) is 36.4 Å². The Morgan fingerprint density at radius 1 is 1.15 bits per heavy atom. The van der Waals surface area contributed by atoms with Gasteiger partial charge in [0.1, 0.15) is 11.6 Å². The fourth-order valence-electron chi connectivity index (χ4n) is 2.08. The van der Waals surface area contributed by atoms with Gasteiger partial charge in [-0.15, -0.1) is 0 Å². The molecule has 1 amide bonds. The number of hydrogen-bond donors (Lipinski definition) is 1. The van der Waals surface area contributed by atoms with Crippen molar-refractivity contribution in [1.82, 2.24) is 0 Å². The first kappa shape index (κ1) is 19.2. The third-order valence-corrected chi connectivity index (χ3v) is 3.77. The van der Waals surface area contributed by atoms with Gasteiger partial charge in [-0.25, -0.2) is 4.79 Å². The molecule has 0 fully saturated rings. The predicted molar refractivity (Wildman–Crippen MR) is 101 cm³/mol. The number of carbonyl (C=O) groups is 2. The molecule has 0 aliphatic rings. The van der Waals surface area contributed by atoms with Gasteiger partial charge in [-0.2, -0.15) is 5.26 Å². The standard InChI is InChI=1S/C20H17ClN2O3/c1-13-3-6-15(7-4-13)10-16(11-22)20(25)26-12-19(24)23-18-8-5-14(2)9-17(18)21/h3-10H,12H2,1-2H3,(H,23,24)/b16-10+. The highest BCUT2D eigenvalue weighted by atomic mass is 35.5. The van der Waals surface area contributed by atoms with Crippen molar-refractivity contribution in [3.05, 3.63) is 69.8 Å². The lowest BCUT2D eigenvalue weighted by Gasteiger charge is -2.08. The zero-order valence-corrected chi connectivity index (χ0v) is 15.1. The number of nitrogens with zero attached hydrogens (tertiary/aromatic N) is 1. The molecular formula is C20H17ClN2O3. The van der Waals surface area contributed by atoms with Gasteiger partial charge in [-0.3, -0.25) is 4.79 Å². The smallest absolute Gasteiger partial charge is 0.349 e. The van der Waals surface area contributed by atoms with Crippen molar-refractivity contribution < 1.29 is 14.3 Å². The minimum atomic E-state index is -0.863. The summed E-state index contributed by atoms with van der Waals surface area (Å²) in [4.78, 5) is 23.9. The second-order valence-electron chi connectivity index (χ2n) is 5.69. The zero-order valence-electron chi connectivity index (χ0n) is 14.4. The molecule has 1 N–H and O–H groups in total. The largest absolute Gasteiger partial charge is 0.451 e. The Morgan fingerprint density at radius 3 is 2.42 bits per heavy atom. The van der Waals surface area contributed by atoms with Gasteiger partial charge in [-0.05, 0) is 43.2 Å². The first-order chi connectivity index (χ1) is 12.4. The van der Waals surface area contributed by atoms with E-state index in [-0.39, 0.29) is 5.57 Å². The van der Waals surface area contributed by atoms with Gasteiger partial charge in [0.05, 0.1) is 10.7 Å². The van der Waals surface area contributed by atoms with Gasteiger partial charge in [-0.1, -0.05) is 47.5 Å². The molecule has 0 bridgehead atoms. The van der Waals surface area contributed by atoms with Crippen LogP contribution in [0.3, 0.4) is 0 Å². The molecule has 2 aromatic rings. The number of halogens is 1. The van der Waals surface area contributed by atoms with Crippen molar-refractivity contribution in [1.29, 1.82) is 5.26 Å². The van der Waals surface area contributed by atoms with Gasteiger partial charge in [0.15, 0.2) is 6.61 Å². The van der Waals surface area contributed by atoms with E-state index < -0.39 is 18.5 Å². The lowest BCUT2D eigenvalue weighted by atomic mass is 10.1. The number of carbonyl (C=O) groups excluding carboxylic acids is 2. The van der Waals surface area contributed by atoms with Crippen LogP contribution in [0.15, 0.2) is 48.0 Å². The van der Waals surface area contributed by atoms with Gasteiger partial charge < -0.3 is 10.1 Å². The van der Waals surface area contributed by atoms with E-state index in [1.807, 2.05) is 26.0 Å². The summed E-state index contributed by atoms with van der Waals surface area (Å²) < 4.78 is 4.90. The Balaban J connectivity index is 1.96. The molecule has 0 unspecified atom stereocenters. The summed E-state index contributed by atoms with van der Waals surface area (Å²) in [5.41, 5.74) is 2.96. The molecule has 0 saturated heterocycles. The zero-order chi connectivity index (χ0) is 19.1. The molecular weight excluding hydrogens is 352 g/mol. The molecule has 0 heterocycles. The van der Waals surface area contributed by atoms with Crippen molar-refractivity contribution in [2.24, 2.45) is 0 Å². The van der Waals surface area contributed by atoms with Crippen molar-refractivity contribution in [2.75, 3.05) is 11.9 Å². The van der Waals surface area contributed by atoms with Crippen LogP contribution >= 0.6 is 11.6 Å². The Bertz CT molecular complexity index is 896. The number of amides is 1. The molecule has 5 nitrogen and oxygen atoms in total. The Kier molecular flexibility index (Phi) is 6.54. The van der Waals surface area contributed by atoms with Crippen molar-refractivity contribution in [2.45, 2.75) is 13.8 Å². The number of aryl methyl sites for hydroxylation is 2. The van der Waals surface area contributed by atoms with E-state index in [4.69, 9.17) is 21.6 Å². The molecule has 6 heteroatoms. The van der Waals surface area contributed by atoms with Crippen LogP contribution in [0.25, 0.3) is 6.08 Å². The molecule has 2 aromatic carbocycles. The summed E-state index contributed by atoms with van der Waals surface area (Å²) in [6.07, 6.45) is 1.41. The van der Waals surface area contributed by atoms with Gasteiger partial charge in [0.2, 0.25) is 0 Å². The first-order valence-electron chi connectivity index (χ1n) is 7.80. The highest BCUT2D eigenvalue weighted by Crippen LogP contribution is 2.22. The van der Waals surface area contributed by atoms with Gasteiger partial charge in [0.25, 0.3) is 5.91 Å². The molecule has 26 heavy (non-hydrogen) atoms. The minimum Gasteiger partial charge on any atom is -0.451 e. The number of benzene rings is 2. The number of esters is 1. The van der Waals surface area contributed by atoms with Crippen LogP contribution in [0, 0.1) is 25.2 Å². The number of anilines is 1. The second kappa shape index (κ2) is 8.84. The first-order valence-corrected chi connectivity index (χ1v) is 8.18. The third-order valence-electron chi connectivity index (χ3n) is 3.46. The number of hydrogen-bond acceptors (Lipinski definition) is 4. The van der Waals surface area contributed by atoms with E-state index in [0.717, 1.165) is 11.1 Å². The maximum absolute atomic E-state index is 12.0. The number of nitriles is 1. The van der Waals surface area contributed by atoms with Crippen LogP contribution in [0.5, 0.6) is 0 Å². The van der Waals surface area contributed by atoms with E-state index in [9.17, 15) is 9.59 Å². The molecule has 0 atom stereocenters. The van der Waals surface area contributed by atoms with Crippen molar-refractivity contribution in [3.8, 4) is 6.07 Å². The van der Waals surface area contributed by atoms with Crippen LogP contribution in [0.1, 0.15) is 16.7 Å². The summed E-state index contributed by atoms with van der Waals surface area (Å²) in [6, 6.07) is 14.3. The quantitative estimate of drug-likeness (QED) is 0.490. The average Bonchev–Trinajstić information content (AvgIpc) is 2.61. The fourth-order valence-corrected chi connectivity index (χ4v) is 2.37. The molecule has 0 saturated carbocycles. The minimum absolute atomic E-state index is 0.185. The van der Waals surface area contributed by atoms with E-state index >= 15 is 0 Å². The molecule has 2 rings (SSSR count). The van der Waals surface area contributed by atoms with E-state index in [2.05, 4.69) is 5.32 Å². The van der Waals surface area contributed by atoms with Crippen molar-refractivity contribution in [3.63, 3.8) is 0 Å².